The third-order valence-corrected chi connectivity index (χ3v) is 5.16. The van der Waals surface area contributed by atoms with Crippen LogP contribution in [0.3, 0.4) is 0 Å². The lowest BCUT2D eigenvalue weighted by molar-refractivity contribution is -0.127. The molecule has 9 nitrogen and oxygen atoms in total. The van der Waals surface area contributed by atoms with Gasteiger partial charge >= 0.3 is 12.0 Å². The van der Waals surface area contributed by atoms with Gasteiger partial charge in [-0.2, -0.15) is 0 Å². The molecule has 3 amide bonds. The smallest absolute Gasteiger partial charge is 0.339 e. The number of hydrogen-bond donors (Lipinski definition) is 3. The first-order valence-electron chi connectivity index (χ1n) is 8.71. The van der Waals surface area contributed by atoms with E-state index in [1.54, 1.807) is 34.6 Å². The number of amides is 3. The predicted molar refractivity (Wildman–Crippen MR) is 103 cm³/mol. The van der Waals surface area contributed by atoms with Gasteiger partial charge in [-0.1, -0.05) is 6.07 Å². The van der Waals surface area contributed by atoms with Crippen LogP contribution >= 0.6 is 0 Å². The molecular formula is C18H27N3O6S. The fraction of sp³-hybridized carbons (Fsp3) is 0.500. The van der Waals surface area contributed by atoms with E-state index in [4.69, 9.17) is 4.74 Å². The first kappa shape index (κ1) is 23.6. The second-order valence-electron chi connectivity index (χ2n) is 7.23. The van der Waals surface area contributed by atoms with Crippen LogP contribution in [-0.4, -0.2) is 44.5 Å². The summed E-state index contributed by atoms with van der Waals surface area (Å²) in [4.78, 5) is 35.6. The van der Waals surface area contributed by atoms with Gasteiger partial charge in [0.1, 0.15) is 0 Å². The molecule has 0 radical (unpaired) electrons. The highest BCUT2D eigenvalue weighted by atomic mass is 32.2. The van der Waals surface area contributed by atoms with E-state index in [0.717, 1.165) is 0 Å². The Bertz CT molecular complexity index is 859. The van der Waals surface area contributed by atoms with E-state index >= 15 is 0 Å². The van der Waals surface area contributed by atoms with Crippen LogP contribution in [-0.2, 0) is 19.6 Å². The Labute approximate surface area is 165 Å². The van der Waals surface area contributed by atoms with Gasteiger partial charge in [0.25, 0.3) is 5.91 Å². The van der Waals surface area contributed by atoms with Crippen molar-refractivity contribution in [3.8, 4) is 0 Å². The van der Waals surface area contributed by atoms with Crippen LogP contribution < -0.4 is 15.4 Å². The lowest BCUT2D eigenvalue weighted by Gasteiger charge is -2.21. The van der Waals surface area contributed by atoms with Crippen LogP contribution in [0.4, 0.5) is 4.79 Å². The summed E-state index contributed by atoms with van der Waals surface area (Å²) in [6, 6.07) is 3.35. The lowest BCUT2D eigenvalue weighted by atomic mass is 10.1. The van der Waals surface area contributed by atoms with Gasteiger partial charge in [-0.05, 0) is 59.2 Å². The number of benzene rings is 1. The maximum atomic E-state index is 12.5. The number of esters is 1. The summed E-state index contributed by atoms with van der Waals surface area (Å²) in [5, 5.41) is 4.42. The highest BCUT2D eigenvalue weighted by Gasteiger charge is 2.25. The molecule has 3 N–H and O–H groups in total. The van der Waals surface area contributed by atoms with Crippen molar-refractivity contribution in [2.75, 3.05) is 6.54 Å². The molecule has 0 aliphatic heterocycles. The molecule has 0 aromatic heterocycles. The minimum absolute atomic E-state index is 0.00874. The molecule has 156 valence electrons. The van der Waals surface area contributed by atoms with Crippen molar-refractivity contribution in [1.82, 2.24) is 15.4 Å². The first-order chi connectivity index (χ1) is 12.8. The number of sulfonamides is 1. The van der Waals surface area contributed by atoms with Crippen molar-refractivity contribution in [3.63, 3.8) is 0 Å². The van der Waals surface area contributed by atoms with Crippen molar-refractivity contribution in [1.29, 1.82) is 0 Å². The number of ether oxygens (including phenoxy) is 1. The summed E-state index contributed by atoms with van der Waals surface area (Å²) in [5.41, 5.74) is -0.207. The molecule has 10 heteroatoms. The second-order valence-corrected chi connectivity index (χ2v) is 8.91. The van der Waals surface area contributed by atoms with Crippen molar-refractivity contribution < 1.29 is 27.5 Å². The Morgan fingerprint density at radius 2 is 1.79 bits per heavy atom. The van der Waals surface area contributed by atoms with Gasteiger partial charge in [0, 0.05) is 12.1 Å². The Kier molecular flexibility index (Phi) is 7.71. The van der Waals surface area contributed by atoms with Crippen LogP contribution in [0.1, 0.15) is 50.5 Å². The molecule has 0 aliphatic carbocycles. The van der Waals surface area contributed by atoms with E-state index in [1.807, 2.05) is 5.32 Å². The molecular weight excluding hydrogens is 386 g/mol. The number of carbonyl (C=O) groups excluding carboxylic acids is 3. The maximum Gasteiger partial charge on any atom is 0.339 e. The minimum Gasteiger partial charge on any atom is -0.449 e. The number of rotatable bonds is 6. The van der Waals surface area contributed by atoms with Crippen LogP contribution in [0.5, 0.6) is 0 Å². The largest absolute Gasteiger partial charge is 0.449 e. The van der Waals surface area contributed by atoms with Crippen molar-refractivity contribution in [2.45, 2.75) is 58.1 Å². The van der Waals surface area contributed by atoms with E-state index < -0.39 is 39.6 Å². The second kappa shape index (κ2) is 9.16. The molecule has 28 heavy (non-hydrogen) atoms. The van der Waals surface area contributed by atoms with Gasteiger partial charge in [0.2, 0.25) is 10.0 Å². The van der Waals surface area contributed by atoms with Crippen molar-refractivity contribution in [3.05, 3.63) is 29.3 Å². The van der Waals surface area contributed by atoms with Crippen LogP contribution in [0, 0.1) is 6.92 Å². The van der Waals surface area contributed by atoms with Gasteiger partial charge in [-0.3, -0.25) is 10.1 Å². The van der Waals surface area contributed by atoms with Crippen LogP contribution in [0.25, 0.3) is 0 Å². The molecule has 0 saturated heterocycles. The lowest BCUT2D eigenvalue weighted by Crippen LogP contribution is -2.44. The van der Waals surface area contributed by atoms with E-state index in [2.05, 4.69) is 10.0 Å². The highest BCUT2D eigenvalue weighted by molar-refractivity contribution is 7.89. The molecule has 0 spiro atoms. The number of hydrogen-bond acceptors (Lipinski definition) is 6. The molecule has 0 aliphatic rings. The number of nitrogens with one attached hydrogen (secondary N) is 3. The average molecular weight is 413 g/mol. The third-order valence-electron chi connectivity index (χ3n) is 3.41. The maximum absolute atomic E-state index is 12.5. The normalized spacial score (nSPS) is 12.8. The number of carbonyl (C=O) groups is 3. The summed E-state index contributed by atoms with van der Waals surface area (Å²) in [6.07, 6.45) is -1.25. The summed E-state index contributed by atoms with van der Waals surface area (Å²) in [5.74, 6) is -1.67. The Balaban J connectivity index is 3.00. The molecule has 1 rings (SSSR count). The zero-order valence-electron chi connectivity index (χ0n) is 16.9. The van der Waals surface area contributed by atoms with Crippen molar-refractivity contribution >= 4 is 27.9 Å². The topological polar surface area (TPSA) is 131 Å². The fourth-order valence-electron chi connectivity index (χ4n) is 2.15. The molecule has 0 bridgehead atoms. The quantitative estimate of drug-likeness (QED) is 0.605. The molecule has 1 unspecified atom stereocenters. The molecule has 0 heterocycles. The van der Waals surface area contributed by atoms with Crippen molar-refractivity contribution in [2.24, 2.45) is 0 Å². The van der Waals surface area contributed by atoms with E-state index in [-0.39, 0.29) is 10.5 Å². The summed E-state index contributed by atoms with van der Waals surface area (Å²) < 4.78 is 32.5. The standard InChI is InChI=1S/C18H27N3O6S/c1-7-19-17(24)20-15(22)12(3)27-16(23)14-10-13(9-8-11(14)2)28(25,26)21-18(4,5)6/h8-10,12,21H,7H2,1-6H3,(H2,19,20,22,24). The predicted octanol–water partition coefficient (Wildman–Crippen LogP) is 1.46. The summed E-state index contributed by atoms with van der Waals surface area (Å²) >= 11 is 0. The number of imide groups is 1. The zero-order chi connectivity index (χ0) is 21.7. The Morgan fingerprint density at radius 1 is 1.18 bits per heavy atom. The molecule has 1 aromatic carbocycles. The summed E-state index contributed by atoms with van der Waals surface area (Å²) in [6.45, 7) is 10.0. The van der Waals surface area contributed by atoms with E-state index in [9.17, 15) is 22.8 Å². The van der Waals surface area contributed by atoms with E-state index in [0.29, 0.717) is 12.1 Å². The van der Waals surface area contributed by atoms with Gasteiger partial charge in [0.15, 0.2) is 6.10 Å². The SMILES string of the molecule is CCNC(=O)NC(=O)C(C)OC(=O)c1cc(S(=O)(=O)NC(C)(C)C)ccc1C. The fourth-order valence-corrected chi connectivity index (χ4v) is 3.59. The molecule has 0 saturated carbocycles. The third kappa shape index (κ3) is 6.93. The zero-order valence-corrected chi connectivity index (χ0v) is 17.7. The van der Waals surface area contributed by atoms with Gasteiger partial charge in [0.05, 0.1) is 10.5 Å². The van der Waals surface area contributed by atoms with Gasteiger partial charge < -0.3 is 10.1 Å². The van der Waals surface area contributed by atoms with Gasteiger partial charge in [-0.25, -0.2) is 22.7 Å². The highest BCUT2D eigenvalue weighted by Crippen LogP contribution is 2.19. The minimum atomic E-state index is -3.85. The number of aryl methyl sites for hydroxylation is 1. The van der Waals surface area contributed by atoms with E-state index in [1.165, 1.54) is 25.1 Å². The summed E-state index contributed by atoms with van der Waals surface area (Å²) in [7, 11) is -3.85. The Morgan fingerprint density at radius 3 is 2.32 bits per heavy atom. The van der Waals surface area contributed by atoms with Crippen LogP contribution in [0.15, 0.2) is 23.1 Å². The van der Waals surface area contributed by atoms with Gasteiger partial charge in [-0.15, -0.1) is 0 Å². The molecule has 0 fully saturated rings. The average Bonchev–Trinajstić information content (AvgIpc) is 2.52. The Hall–Kier alpha value is -2.46. The monoisotopic (exact) mass is 413 g/mol. The molecule has 1 atom stereocenters. The number of urea groups is 1. The molecule has 1 aromatic rings. The first-order valence-corrected chi connectivity index (χ1v) is 10.2. The van der Waals surface area contributed by atoms with Crippen LogP contribution in [0.2, 0.25) is 0 Å².